The van der Waals surface area contributed by atoms with Crippen LogP contribution >= 0.6 is 0 Å². The van der Waals surface area contributed by atoms with Crippen LogP contribution in [-0.4, -0.2) is 33.9 Å². The fourth-order valence-corrected chi connectivity index (χ4v) is 3.33. The highest BCUT2D eigenvalue weighted by atomic mass is 16.7. The zero-order valence-corrected chi connectivity index (χ0v) is 16.4. The number of aliphatic hydroxyl groups is 1. The fourth-order valence-electron chi connectivity index (χ4n) is 3.33. The highest BCUT2D eigenvalue weighted by Crippen LogP contribution is 2.42. The molecule has 1 aromatic carbocycles. The molecule has 0 spiro atoms. The standard InChI is InChI=1S/C21H26N2O5/c1-4-5-8-11-21(26)18(16-12-14-9-6-7-10-15(14)22-16)17(20(25)27-21)19(24)23-28-13(2)3/h6-7,9-10,12-13,22,26H,4-5,8,11H2,1-3H3,(H,23,24). The molecule has 1 aliphatic rings. The van der Waals surface area contributed by atoms with Gasteiger partial charge in [-0.3, -0.25) is 9.63 Å². The molecule has 1 amide bonds. The zero-order chi connectivity index (χ0) is 20.3. The summed E-state index contributed by atoms with van der Waals surface area (Å²) in [4.78, 5) is 33.5. The maximum atomic E-state index is 12.7. The van der Waals surface area contributed by atoms with E-state index in [2.05, 4.69) is 10.5 Å². The van der Waals surface area contributed by atoms with E-state index in [1.165, 1.54) is 0 Å². The fraction of sp³-hybridized carbons (Fsp3) is 0.429. The number of benzene rings is 1. The van der Waals surface area contributed by atoms with E-state index < -0.39 is 17.7 Å². The first-order chi connectivity index (χ1) is 13.4. The number of hydrogen-bond acceptors (Lipinski definition) is 5. The van der Waals surface area contributed by atoms with Crippen LogP contribution in [0.2, 0.25) is 0 Å². The highest BCUT2D eigenvalue weighted by Gasteiger charge is 2.49. The monoisotopic (exact) mass is 386 g/mol. The van der Waals surface area contributed by atoms with Gasteiger partial charge in [0.25, 0.3) is 5.91 Å². The quantitative estimate of drug-likeness (QED) is 0.280. The minimum Gasteiger partial charge on any atom is -0.425 e. The molecule has 28 heavy (non-hydrogen) atoms. The van der Waals surface area contributed by atoms with Crippen molar-refractivity contribution in [3.05, 3.63) is 41.6 Å². The molecule has 3 rings (SSSR count). The van der Waals surface area contributed by atoms with Crippen LogP contribution in [0.15, 0.2) is 35.9 Å². The van der Waals surface area contributed by atoms with Gasteiger partial charge in [0.05, 0.1) is 17.4 Å². The minimum atomic E-state index is -1.86. The number of H-pyrrole nitrogens is 1. The second-order valence-electron chi connectivity index (χ2n) is 7.25. The number of cyclic esters (lactones) is 1. The van der Waals surface area contributed by atoms with Gasteiger partial charge in [-0.05, 0) is 37.8 Å². The first-order valence-corrected chi connectivity index (χ1v) is 9.60. The van der Waals surface area contributed by atoms with E-state index in [-0.39, 0.29) is 23.7 Å². The summed E-state index contributed by atoms with van der Waals surface area (Å²) in [5.41, 5.74) is 3.48. The number of para-hydroxylation sites is 1. The van der Waals surface area contributed by atoms with Gasteiger partial charge in [-0.25, -0.2) is 10.3 Å². The Bertz CT molecular complexity index is 881. The van der Waals surface area contributed by atoms with Crippen molar-refractivity contribution in [2.45, 2.75) is 58.3 Å². The van der Waals surface area contributed by atoms with E-state index in [4.69, 9.17) is 9.57 Å². The molecular weight excluding hydrogens is 360 g/mol. The lowest BCUT2D eigenvalue weighted by Gasteiger charge is -2.24. The number of unbranched alkanes of at least 4 members (excludes halogenated alkanes) is 2. The second kappa shape index (κ2) is 8.16. The van der Waals surface area contributed by atoms with Crippen molar-refractivity contribution in [2.75, 3.05) is 0 Å². The maximum absolute atomic E-state index is 12.7. The van der Waals surface area contributed by atoms with Crippen molar-refractivity contribution in [3.8, 4) is 0 Å². The third-order valence-corrected chi connectivity index (χ3v) is 4.64. The average molecular weight is 386 g/mol. The lowest BCUT2D eigenvalue weighted by atomic mass is 9.94. The Morgan fingerprint density at radius 2 is 2.07 bits per heavy atom. The Hall–Kier alpha value is -2.64. The highest BCUT2D eigenvalue weighted by molar-refractivity contribution is 6.24. The molecule has 7 heteroatoms. The summed E-state index contributed by atoms with van der Waals surface area (Å²) in [5, 5.41) is 12.1. The van der Waals surface area contributed by atoms with Crippen molar-refractivity contribution >= 4 is 28.4 Å². The first-order valence-electron chi connectivity index (χ1n) is 9.60. The van der Waals surface area contributed by atoms with Gasteiger partial charge in [-0.2, -0.15) is 0 Å². The summed E-state index contributed by atoms with van der Waals surface area (Å²) in [6.45, 7) is 5.55. The number of aromatic amines is 1. The molecule has 0 aliphatic carbocycles. The summed E-state index contributed by atoms with van der Waals surface area (Å²) in [7, 11) is 0. The normalized spacial score (nSPS) is 19.5. The predicted octanol–water partition coefficient (Wildman–Crippen LogP) is 3.20. The molecule has 0 radical (unpaired) electrons. The molecule has 1 atom stereocenters. The van der Waals surface area contributed by atoms with Gasteiger partial charge in [0.2, 0.25) is 5.79 Å². The summed E-state index contributed by atoms with van der Waals surface area (Å²) < 4.78 is 5.31. The average Bonchev–Trinajstić information content (AvgIpc) is 3.17. The third kappa shape index (κ3) is 3.95. The number of rotatable bonds is 8. The van der Waals surface area contributed by atoms with Gasteiger partial charge < -0.3 is 14.8 Å². The van der Waals surface area contributed by atoms with Crippen molar-refractivity contribution in [1.82, 2.24) is 10.5 Å². The van der Waals surface area contributed by atoms with Gasteiger partial charge in [-0.15, -0.1) is 0 Å². The summed E-state index contributed by atoms with van der Waals surface area (Å²) in [6.07, 6.45) is 2.42. The molecule has 0 bridgehead atoms. The van der Waals surface area contributed by atoms with Gasteiger partial charge in [-0.1, -0.05) is 38.0 Å². The molecule has 3 N–H and O–H groups in total. The number of carbonyl (C=O) groups is 2. The third-order valence-electron chi connectivity index (χ3n) is 4.64. The number of amides is 1. The minimum absolute atomic E-state index is 0.148. The summed E-state index contributed by atoms with van der Waals surface area (Å²) in [6, 6.07) is 9.36. The van der Waals surface area contributed by atoms with Crippen LogP contribution in [0, 0.1) is 0 Å². The van der Waals surface area contributed by atoms with E-state index >= 15 is 0 Å². The summed E-state index contributed by atoms with van der Waals surface area (Å²) in [5.74, 6) is -3.46. The van der Waals surface area contributed by atoms with Crippen molar-refractivity contribution in [2.24, 2.45) is 0 Å². The number of nitrogens with one attached hydrogen (secondary N) is 2. The molecule has 0 fully saturated rings. The van der Waals surface area contributed by atoms with Crippen LogP contribution in [0.25, 0.3) is 16.5 Å². The smallest absolute Gasteiger partial charge is 0.347 e. The van der Waals surface area contributed by atoms with E-state index in [1.54, 1.807) is 19.9 Å². The molecule has 2 heterocycles. The Kier molecular flexibility index (Phi) is 5.86. The molecule has 1 aromatic heterocycles. The number of carbonyl (C=O) groups excluding carboxylic acids is 2. The first kappa shape index (κ1) is 20.1. The van der Waals surface area contributed by atoms with Crippen molar-refractivity contribution in [3.63, 3.8) is 0 Å². The number of fused-ring (bicyclic) bond motifs is 1. The number of aromatic nitrogens is 1. The molecule has 7 nitrogen and oxygen atoms in total. The van der Waals surface area contributed by atoms with Gasteiger partial charge in [0.15, 0.2) is 0 Å². The molecular formula is C21H26N2O5. The van der Waals surface area contributed by atoms with Gasteiger partial charge in [0, 0.05) is 11.9 Å². The van der Waals surface area contributed by atoms with Gasteiger partial charge >= 0.3 is 5.97 Å². The lowest BCUT2D eigenvalue weighted by Crippen LogP contribution is -2.31. The van der Waals surface area contributed by atoms with Crippen LogP contribution in [0.1, 0.15) is 52.1 Å². The SMILES string of the molecule is CCCCCC1(O)OC(=O)C(C(=O)NOC(C)C)=C1c1cc2ccccc2[nH]1. The number of hydrogen-bond donors (Lipinski definition) is 3. The Balaban J connectivity index is 2.07. The molecule has 0 saturated heterocycles. The Labute approximate surface area is 163 Å². The molecule has 1 aliphatic heterocycles. The molecule has 1 unspecified atom stereocenters. The Morgan fingerprint density at radius 1 is 1.32 bits per heavy atom. The topological polar surface area (TPSA) is 101 Å². The predicted molar refractivity (Wildman–Crippen MR) is 105 cm³/mol. The van der Waals surface area contributed by atoms with Gasteiger partial charge in [0.1, 0.15) is 5.57 Å². The molecule has 0 saturated carbocycles. The maximum Gasteiger partial charge on any atom is 0.347 e. The number of hydroxylamine groups is 1. The second-order valence-corrected chi connectivity index (χ2v) is 7.25. The van der Waals surface area contributed by atoms with Crippen LogP contribution in [0.4, 0.5) is 0 Å². The molecule has 150 valence electrons. The lowest BCUT2D eigenvalue weighted by molar-refractivity contribution is -0.178. The number of esters is 1. The van der Waals surface area contributed by atoms with Crippen LogP contribution in [-0.2, 0) is 19.2 Å². The Morgan fingerprint density at radius 3 is 2.75 bits per heavy atom. The zero-order valence-electron chi connectivity index (χ0n) is 16.4. The van der Waals surface area contributed by atoms with E-state index in [0.29, 0.717) is 12.1 Å². The largest absolute Gasteiger partial charge is 0.425 e. The van der Waals surface area contributed by atoms with E-state index in [0.717, 1.165) is 23.7 Å². The van der Waals surface area contributed by atoms with Crippen molar-refractivity contribution < 1.29 is 24.3 Å². The van der Waals surface area contributed by atoms with E-state index in [1.807, 2.05) is 31.2 Å². The van der Waals surface area contributed by atoms with Crippen LogP contribution in [0.3, 0.4) is 0 Å². The summed E-state index contributed by atoms with van der Waals surface area (Å²) >= 11 is 0. The van der Waals surface area contributed by atoms with Crippen molar-refractivity contribution in [1.29, 1.82) is 0 Å². The number of ether oxygens (including phenoxy) is 1. The van der Waals surface area contributed by atoms with Crippen LogP contribution in [0.5, 0.6) is 0 Å². The van der Waals surface area contributed by atoms with Crippen LogP contribution < -0.4 is 5.48 Å². The molecule has 2 aromatic rings. The van der Waals surface area contributed by atoms with E-state index in [9.17, 15) is 14.7 Å².